The summed E-state index contributed by atoms with van der Waals surface area (Å²) in [5, 5.41) is 0. The SMILES string of the molecule is CN1CCC(N2Cc3ccc(N)cc3C2)C1. The summed E-state index contributed by atoms with van der Waals surface area (Å²) in [4.78, 5) is 5.01. The van der Waals surface area contributed by atoms with Crippen LogP contribution in [0.15, 0.2) is 18.2 Å². The fourth-order valence-electron chi connectivity index (χ4n) is 2.91. The molecule has 2 aliphatic heterocycles. The van der Waals surface area contributed by atoms with Crippen molar-refractivity contribution in [3.63, 3.8) is 0 Å². The van der Waals surface area contributed by atoms with E-state index in [2.05, 4.69) is 29.0 Å². The highest BCUT2D eigenvalue weighted by atomic mass is 15.2. The van der Waals surface area contributed by atoms with Crippen LogP contribution in [0.3, 0.4) is 0 Å². The summed E-state index contributed by atoms with van der Waals surface area (Å²) in [6, 6.07) is 7.07. The zero-order chi connectivity index (χ0) is 11.1. The van der Waals surface area contributed by atoms with Crippen LogP contribution in [0.2, 0.25) is 0 Å². The van der Waals surface area contributed by atoms with Gasteiger partial charge >= 0.3 is 0 Å². The van der Waals surface area contributed by atoms with Crippen molar-refractivity contribution in [3.8, 4) is 0 Å². The van der Waals surface area contributed by atoms with Gasteiger partial charge in [0.15, 0.2) is 0 Å². The number of hydrogen-bond acceptors (Lipinski definition) is 3. The smallest absolute Gasteiger partial charge is 0.0317 e. The van der Waals surface area contributed by atoms with Crippen molar-refractivity contribution in [3.05, 3.63) is 29.3 Å². The summed E-state index contributed by atoms with van der Waals surface area (Å²) in [5.41, 5.74) is 9.61. The third-order valence-electron chi connectivity index (χ3n) is 3.86. The minimum absolute atomic E-state index is 0.735. The van der Waals surface area contributed by atoms with Crippen LogP contribution in [0.25, 0.3) is 0 Å². The molecule has 0 saturated carbocycles. The summed E-state index contributed by atoms with van der Waals surface area (Å²) in [6.45, 7) is 4.64. The van der Waals surface area contributed by atoms with Gasteiger partial charge < -0.3 is 10.6 Å². The van der Waals surface area contributed by atoms with Crippen LogP contribution in [-0.4, -0.2) is 36.0 Å². The maximum Gasteiger partial charge on any atom is 0.0317 e. The molecule has 86 valence electrons. The van der Waals surface area contributed by atoms with Crippen LogP contribution < -0.4 is 5.73 Å². The van der Waals surface area contributed by atoms with Gasteiger partial charge in [0.1, 0.15) is 0 Å². The van der Waals surface area contributed by atoms with Crippen molar-refractivity contribution >= 4 is 5.69 Å². The minimum Gasteiger partial charge on any atom is -0.399 e. The molecule has 0 spiro atoms. The van der Waals surface area contributed by atoms with Crippen LogP contribution in [0.5, 0.6) is 0 Å². The molecule has 1 atom stereocenters. The first kappa shape index (κ1) is 10.1. The Morgan fingerprint density at radius 2 is 2.06 bits per heavy atom. The monoisotopic (exact) mass is 217 g/mol. The van der Waals surface area contributed by atoms with E-state index in [-0.39, 0.29) is 0 Å². The van der Waals surface area contributed by atoms with Gasteiger partial charge in [0.2, 0.25) is 0 Å². The fraction of sp³-hybridized carbons (Fsp3) is 0.538. The molecule has 3 heteroatoms. The van der Waals surface area contributed by atoms with E-state index in [1.807, 2.05) is 6.07 Å². The highest BCUT2D eigenvalue weighted by Gasteiger charge is 2.29. The maximum absolute atomic E-state index is 5.83. The van der Waals surface area contributed by atoms with Crippen molar-refractivity contribution in [2.24, 2.45) is 0 Å². The van der Waals surface area contributed by atoms with Gasteiger partial charge in [0, 0.05) is 31.4 Å². The zero-order valence-corrected chi connectivity index (χ0v) is 9.82. The summed E-state index contributed by atoms with van der Waals surface area (Å²) < 4.78 is 0. The minimum atomic E-state index is 0.735. The lowest BCUT2D eigenvalue weighted by atomic mass is 10.1. The van der Waals surface area contributed by atoms with Gasteiger partial charge in [-0.15, -0.1) is 0 Å². The van der Waals surface area contributed by atoms with Crippen molar-refractivity contribution in [1.82, 2.24) is 9.80 Å². The molecule has 3 rings (SSSR count). The molecular formula is C13H19N3. The van der Waals surface area contributed by atoms with Crippen LogP contribution in [0.1, 0.15) is 17.5 Å². The fourth-order valence-corrected chi connectivity index (χ4v) is 2.91. The first-order valence-corrected chi connectivity index (χ1v) is 6.02. The van der Waals surface area contributed by atoms with Crippen LogP contribution in [-0.2, 0) is 13.1 Å². The number of fused-ring (bicyclic) bond motifs is 1. The second-order valence-corrected chi connectivity index (χ2v) is 5.14. The molecule has 2 N–H and O–H groups in total. The number of nitrogens with two attached hydrogens (primary N) is 1. The first-order chi connectivity index (χ1) is 7.72. The van der Waals surface area contributed by atoms with Gasteiger partial charge in [-0.1, -0.05) is 6.07 Å². The molecule has 2 heterocycles. The number of anilines is 1. The third-order valence-corrected chi connectivity index (χ3v) is 3.86. The van der Waals surface area contributed by atoms with Crippen molar-refractivity contribution in [2.45, 2.75) is 25.6 Å². The van der Waals surface area contributed by atoms with E-state index < -0.39 is 0 Å². The standard InChI is InChI=1S/C13H19N3/c1-15-5-4-13(9-15)16-7-10-2-3-12(14)6-11(10)8-16/h2-3,6,13H,4-5,7-9,14H2,1H3. The summed E-state index contributed by atoms with van der Waals surface area (Å²) in [5.74, 6) is 0. The van der Waals surface area contributed by atoms with E-state index in [1.165, 1.54) is 30.6 Å². The zero-order valence-electron chi connectivity index (χ0n) is 9.82. The Labute approximate surface area is 96.8 Å². The second-order valence-electron chi connectivity index (χ2n) is 5.14. The van der Waals surface area contributed by atoms with Crippen molar-refractivity contribution < 1.29 is 0 Å². The van der Waals surface area contributed by atoms with Crippen LogP contribution >= 0.6 is 0 Å². The lowest BCUT2D eigenvalue weighted by molar-refractivity contribution is 0.201. The lowest BCUT2D eigenvalue weighted by Gasteiger charge is -2.22. The topological polar surface area (TPSA) is 32.5 Å². The van der Waals surface area contributed by atoms with Gasteiger partial charge in [-0.2, -0.15) is 0 Å². The van der Waals surface area contributed by atoms with Gasteiger partial charge in [0.05, 0.1) is 0 Å². The Bertz CT molecular complexity index is 402. The Balaban J connectivity index is 1.75. The Morgan fingerprint density at radius 1 is 1.25 bits per heavy atom. The lowest BCUT2D eigenvalue weighted by Crippen LogP contribution is -2.32. The number of benzene rings is 1. The molecule has 0 aliphatic carbocycles. The summed E-state index contributed by atoms with van der Waals surface area (Å²) >= 11 is 0. The molecule has 2 aliphatic rings. The number of nitrogens with zero attached hydrogens (tertiary/aromatic N) is 2. The molecule has 1 unspecified atom stereocenters. The maximum atomic E-state index is 5.83. The quantitative estimate of drug-likeness (QED) is 0.719. The van der Waals surface area contributed by atoms with Crippen molar-refractivity contribution in [2.75, 3.05) is 25.9 Å². The number of rotatable bonds is 1. The normalized spacial score (nSPS) is 26.2. The van der Waals surface area contributed by atoms with E-state index in [1.54, 1.807) is 0 Å². The molecule has 0 radical (unpaired) electrons. The molecule has 0 bridgehead atoms. The Kier molecular flexibility index (Phi) is 2.37. The molecule has 1 fully saturated rings. The molecule has 0 aromatic heterocycles. The van der Waals surface area contributed by atoms with E-state index in [4.69, 9.17) is 5.73 Å². The van der Waals surface area contributed by atoms with E-state index >= 15 is 0 Å². The Morgan fingerprint density at radius 3 is 2.81 bits per heavy atom. The molecule has 0 amide bonds. The largest absolute Gasteiger partial charge is 0.399 e. The van der Waals surface area contributed by atoms with Gasteiger partial charge in [-0.25, -0.2) is 0 Å². The number of nitrogen functional groups attached to an aromatic ring is 1. The number of hydrogen-bond donors (Lipinski definition) is 1. The second kappa shape index (κ2) is 3.75. The van der Waals surface area contributed by atoms with Gasteiger partial charge in [0.25, 0.3) is 0 Å². The predicted molar refractivity (Wildman–Crippen MR) is 66.0 cm³/mol. The van der Waals surface area contributed by atoms with Crippen molar-refractivity contribution in [1.29, 1.82) is 0 Å². The van der Waals surface area contributed by atoms with Gasteiger partial charge in [-0.3, -0.25) is 4.90 Å². The average Bonchev–Trinajstić information content (AvgIpc) is 2.83. The first-order valence-electron chi connectivity index (χ1n) is 6.02. The number of likely N-dealkylation sites (tertiary alicyclic amines) is 1. The molecule has 3 nitrogen and oxygen atoms in total. The van der Waals surface area contributed by atoms with Crippen LogP contribution in [0, 0.1) is 0 Å². The third kappa shape index (κ3) is 1.70. The molecule has 1 aromatic rings. The summed E-state index contributed by atoms with van der Waals surface area (Å²) in [6.07, 6.45) is 1.31. The molecule has 1 aromatic carbocycles. The highest BCUT2D eigenvalue weighted by Crippen LogP contribution is 2.28. The number of likely N-dealkylation sites (N-methyl/N-ethyl adjacent to an activating group) is 1. The van der Waals surface area contributed by atoms with E-state index in [9.17, 15) is 0 Å². The van der Waals surface area contributed by atoms with E-state index in [0.29, 0.717) is 0 Å². The van der Waals surface area contributed by atoms with Crippen LogP contribution in [0.4, 0.5) is 5.69 Å². The highest BCUT2D eigenvalue weighted by molar-refractivity contribution is 5.46. The van der Waals surface area contributed by atoms with E-state index in [0.717, 1.165) is 24.8 Å². The molecular weight excluding hydrogens is 198 g/mol. The average molecular weight is 217 g/mol. The molecule has 1 saturated heterocycles. The predicted octanol–water partition coefficient (Wildman–Crippen LogP) is 1.29. The molecule has 16 heavy (non-hydrogen) atoms. The summed E-state index contributed by atoms with van der Waals surface area (Å²) in [7, 11) is 2.21. The Hall–Kier alpha value is -1.06. The van der Waals surface area contributed by atoms with Gasteiger partial charge in [-0.05, 0) is 43.3 Å².